The van der Waals surface area contributed by atoms with Gasteiger partial charge in [-0.05, 0) is 6.07 Å². The van der Waals surface area contributed by atoms with E-state index in [4.69, 9.17) is 23.2 Å². The van der Waals surface area contributed by atoms with Crippen molar-refractivity contribution in [1.82, 2.24) is 0 Å². The molecule has 8 heavy (non-hydrogen) atoms. The Morgan fingerprint density at radius 3 is 2.25 bits per heavy atom. The van der Waals surface area contributed by atoms with Crippen molar-refractivity contribution in [3.63, 3.8) is 0 Å². The maximum absolute atomic E-state index is 5.60. The predicted molar refractivity (Wildman–Crippen MR) is 32.0 cm³/mol. The lowest BCUT2D eigenvalue weighted by atomic mass is 10.4. The largest absolute Gasteiger partial charge is 0.244 e. The summed E-state index contributed by atoms with van der Waals surface area (Å²) in [5.41, 5.74) is 0. The van der Waals surface area contributed by atoms with Crippen LogP contribution >= 0.6 is 11.6 Å². The van der Waals surface area contributed by atoms with E-state index in [0.29, 0.717) is 10.0 Å². The summed E-state index contributed by atoms with van der Waals surface area (Å²) in [6.07, 6.45) is 0. The number of halogens is 2. The maximum Gasteiger partial charge on any atom is 0.244 e. The quantitative estimate of drug-likeness (QED) is 0.528. The van der Waals surface area contributed by atoms with Crippen LogP contribution in [-0.4, -0.2) is 0 Å². The number of benzene rings is 1. The molecule has 0 aromatic heterocycles. The summed E-state index contributed by atoms with van der Waals surface area (Å²) in [6, 6.07) is 7.31. The molecule has 0 aliphatic rings. The molecule has 0 nitrogen and oxygen atoms in total. The fourth-order valence-corrected chi connectivity index (χ4v) is 0.727. The molecule has 42 valence electrons. The van der Waals surface area contributed by atoms with E-state index in [9.17, 15) is 0 Å². The summed E-state index contributed by atoms with van der Waals surface area (Å²) in [7, 11) is 0. The van der Waals surface area contributed by atoms with Crippen molar-refractivity contribution < 1.29 is 11.6 Å². The van der Waals surface area contributed by atoms with E-state index in [2.05, 4.69) is 0 Å². The van der Waals surface area contributed by atoms with Crippen LogP contribution in [-0.2, 0) is 0 Å². The Hall–Kier alpha value is -0.200. The molecule has 0 bridgehead atoms. The standard InChI is InChI=1S/C6H5Cl2/c7-5-3-1-2-4-6(5)8/h1-4,7H/q+1. The third-order valence-corrected chi connectivity index (χ3v) is 1.63. The van der Waals surface area contributed by atoms with Gasteiger partial charge in [-0.2, -0.15) is 0 Å². The average molecular weight is 148 g/mol. The van der Waals surface area contributed by atoms with Crippen LogP contribution in [0, 0.1) is 11.6 Å². The molecular weight excluding hydrogens is 143 g/mol. The Bertz CT molecular complexity index is 163. The third-order valence-electron chi connectivity index (χ3n) is 0.837. The summed E-state index contributed by atoms with van der Waals surface area (Å²) in [5, 5.41) is 1.37. The van der Waals surface area contributed by atoms with E-state index < -0.39 is 0 Å². The molecule has 1 rings (SSSR count). The molecule has 0 spiro atoms. The van der Waals surface area contributed by atoms with Crippen LogP contribution in [0.3, 0.4) is 0 Å². The van der Waals surface area contributed by atoms with E-state index in [-0.39, 0.29) is 0 Å². The van der Waals surface area contributed by atoms with E-state index in [1.54, 1.807) is 12.1 Å². The normalized spacial score (nSPS) is 9.25. The monoisotopic (exact) mass is 147 g/mol. The highest BCUT2D eigenvalue weighted by Gasteiger charge is 1.98. The zero-order valence-electron chi connectivity index (χ0n) is 4.10. The van der Waals surface area contributed by atoms with Gasteiger partial charge in [0.25, 0.3) is 0 Å². The maximum atomic E-state index is 5.60. The van der Waals surface area contributed by atoms with Crippen molar-refractivity contribution in [2.75, 3.05) is 0 Å². The molecule has 0 saturated carbocycles. The van der Waals surface area contributed by atoms with E-state index in [1.807, 2.05) is 12.1 Å². The first kappa shape index (κ1) is 5.93. The van der Waals surface area contributed by atoms with Crippen molar-refractivity contribution in [3.05, 3.63) is 34.3 Å². The van der Waals surface area contributed by atoms with Crippen molar-refractivity contribution in [2.24, 2.45) is 0 Å². The Balaban J connectivity index is 3.13. The second-order valence-corrected chi connectivity index (χ2v) is 2.28. The minimum Gasteiger partial charge on any atom is -0.0780 e. The molecule has 2 heteroatoms. The molecule has 0 saturated heterocycles. The van der Waals surface area contributed by atoms with Crippen LogP contribution in [0.2, 0.25) is 10.0 Å². The summed E-state index contributed by atoms with van der Waals surface area (Å²) >= 11 is 10.4. The van der Waals surface area contributed by atoms with Gasteiger partial charge >= 0.3 is 0 Å². The fourth-order valence-electron chi connectivity index (χ4n) is 0.445. The first-order chi connectivity index (χ1) is 3.80. The summed E-state index contributed by atoms with van der Waals surface area (Å²) < 4.78 is 0. The molecule has 0 atom stereocenters. The number of rotatable bonds is 0. The lowest BCUT2D eigenvalue weighted by Gasteiger charge is -1.81. The van der Waals surface area contributed by atoms with E-state index >= 15 is 0 Å². The smallest absolute Gasteiger partial charge is 0.0780 e. The topological polar surface area (TPSA) is 0 Å². The minimum absolute atomic E-state index is 0.655. The van der Waals surface area contributed by atoms with Crippen LogP contribution in [0.4, 0.5) is 0 Å². The SMILES string of the molecule is Clc1ccccc1[ClH+]. The van der Waals surface area contributed by atoms with Gasteiger partial charge in [0.1, 0.15) is 5.02 Å². The van der Waals surface area contributed by atoms with Crippen LogP contribution in [0.15, 0.2) is 24.3 Å². The zero-order valence-corrected chi connectivity index (χ0v) is 5.67. The van der Waals surface area contributed by atoms with Gasteiger partial charge in [0, 0.05) is 6.07 Å². The molecule has 1 aromatic rings. The number of hydrogen-bond donors (Lipinski definition) is 0. The Morgan fingerprint density at radius 2 is 1.88 bits per heavy atom. The fraction of sp³-hybridized carbons (Fsp3) is 0. The number of hydrogen-bond acceptors (Lipinski definition) is 0. The summed E-state index contributed by atoms with van der Waals surface area (Å²) in [6.45, 7) is 0. The average Bonchev–Trinajstić information content (AvgIpc) is 1.77. The molecule has 1 aromatic carbocycles. The Morgan fingerprint density at radius 1 is 1.25 bits per heavy atom. The van der Waals surface area contributed by atoms with Gasteiger partial charge in [-0.15, -0.1) is 0 Å². The van der Waals surface area contributed by atoms with Gasteiger partial charge in [0.15, 0.2) is 11.6 Å². The van der Waals surface area contributed by atoms with E-state index in [1.165, 1.54) is 0 Å². The van der Waals surface area contributed by atoms with Crippen molar-refractivity contribution in [3.8, 4) is 0 Å². The third kappa shape index (κ3) is 1.15. The van der Waals surface area contributed by atoms with Crippen LogP contribution < -0.4 is 0 Å². The first-order valence-electron chi connectivity index (χ1n) is 2.22. The lowest BCUT2D eigenvalue weighted by molar-refractivity contribution is -0.288. The van der Waals surface area contributed by atoms with Crippen molar-refractivity contribution >= 4 is 11.6 Å². The van der Waals surface area contributed by atoms with Gasteiger partial charge in [-0.25, -0.2) is 0 Å². The predicted octanol–water partition coefficient (Wildman–Crippen LogP) is 2.04. The zero-order chi connectivity index (χ0) is 5.98. The Kier molecular flexibility index (Phi) is 1.77. The Labute approximate surface area is 58.0 Å². The molecule has 0 heterocycles. The molecular formula is C6H5Cl2+. The highest BCUT2D eigenvalue weighted by molar-refractivity contribution is 6.31. The van der Waals surface area contributed by atoms with Gasteiger partial charge < -0.3 is 0 Å². The molecule has 0 fully saturated rings. The summed E-state index contributed by atoms with van der Waals surface area (Å²) in [4.78, 5) is 0. The lowest BCUT2D eigenvalue weighted by Crippen LogP contribution is -1.66. The van der Waals surface area contributed by atoms with Gasteiger partial charge in [-0.3, -0.25) is 0 Å². The molecule has 0 aliphatic carbocycles. The first-order valence-corrected chi connectivity index (χ1v) is 3.01. The molecule has 0 amide bonds. The molecule has 0 aliphatic heterocycles. The van der Waals surface area contributed by atoms with E-state index in [0.717, 1.165) is 0 Å². The molecule has 0 N–H and O–H groups in total. The van der Waals surface area contributed by atoms with Crippen LogP contribution in [0.25, 0.3) is 0 Å². The second-order valence-electron chi connectivity index (χ2n) is 1.43. The van der Waals surface area contributed by atoms with Gasteiger partial charge in [-0.1, -0.05) is 23.7 Å². The summed E-state index contributed by atoms with van der Waals surface area (Å²) in [5.74, 6) is 0. The van der Waals surface area contributed by atoms with Crippen LogP contribution in [0.1, 0.15) is 0 Å². The molecule has 0 unspecified atom stereocenters. The second kappa shape index (κ2) is 2.38. The van der Waals surface area contributed by atoms with Crippen LogP contribution in [0.5, 0.6) is 0 Å². The highest BCUT2D eigenvalue weighted by Crippen LogP contribution is 2.13. The van der Waals surface area contributed by atoms with Gasteiger partial charge in [0.05, 0.1) is 0 Å². The van der Waals surface area contributed by atoms with Crippen molar-refractivity contribution in [1.29, 1.82) is 0 Å². The highest BCUT2D eigenvalue weighted by atomic mass is 35.5. The van der Waals surface area contributed by atoms with Crippen molar-refractivity contribution in [2.45, 2.75) is 0 Å². The van der Waals surface area contributed by atoms with Gasteiger partial charge in [0.2, 0.25) is 5.02 Å². The minimum atomic E-state index is 0.655. The molecule has 0 radical (unpaired) electrons.